The molecule has 170 valence electrons. The summed E-state index contributed by atoms with van der Waals surface area (Å²) < 4.78 is 11.8. The summed E-state index contributed by atoms with van der Waals surface area (Å²) in [6, 6.07) is 18.6. The lowest BCUT2D eigenvalue weighted by molar-refractivity contribution is -0.577. The predicted octanol–water partition coefficient (Wildman–Crippen LogP) is 4.38. The average Bonchev–Trinajstić information content (AvgIpc) is 2.87. The molecule has 1 aliphatic heterocycles. The highest BCUT2D eigenvalue weighted by atomic mass is 32.2. The van der Waals surface area contributed by atoms with E-state index >= 15 is 0 Å². The fourth-order valence-corrected chi connectivity index (χ4v) is 4.53. The second-order valence-electron chi connectivity index (χ2n) is 7.10. The molecule has 0 spiro atoms. The Morgan fingerprint density at radius 1 is 1.03 bits per heavy atom. The van der Waals surface area contributed by atoms with E-state index < -0.39 is 11.9 Å². The summed E-state index contributed by atoms with van der Waals surface area (Å²) >= 11 is 1.58. The number of hydrogen-bond acceptors (Lipinski definition) is 5. The summed E-state index contributed by atoms with van der Waals surface area (Å²) in [5.41, 5.74) is 1.25. The fraction of sp³-hybridized carbons (Fsp3) is 0.115. The highest BCUT2D eigenvalue weighted by Crippen LogP contribution is 2.48. The molecule has 0 aliphatic carbocycles. The first kappa shape index (κ1) is 23.0. The van der Waals surface area contributed by atoms with E-state index in [0.717, 1.165) is 9.79 Å². The molecule has 0 fully saturated rings. The lowest BCUT2D eigenvalue weighted by Gasteiger charge is -2.30. The van der Waals surface area contributed by atoms with Crippen LogP contribution in [0.2, 0.25) is 0 Å². The number of nitrogens with zero attached hydrogens (tertiary/aromatic N) is 3. The lowest BCUT2D eigenvalue weighted by Crippen LogP contribution is -2.42. The topological polar surface area (TPSA) is 82.0 Å². The SMILES string of the molecule is CCOC(=O)C(=C=[N-])/C=C(/C(=O)N1c2ccccc2Sc2ccccc21)[n+]1ccc(OC)cc1. The number of aromatic nitrogens is 1. The summed E-state index contributed by atoms with van der Waals surface area (Å²) in [4.78, 5) is 29.9. The van der Waals surface area contributed by atoms with Crippen LogP contribution in [0.25, 0.3) is 11.1 Å². The third kappa shape index (κ3) is 4.50. The molecule has 0 N–H and O–H groups in total. The molecule has 8 heteroatoms. The van der Waals surface area contributed by atoms with Gasteiger partial charge in [-0.1, -0.05) is 36.0 Å². The number of methoxy groups -OCH3 is 1. The Bertz CT molecular complexity index is 1280. The van der Waals surface area contributed by atoms with E-state index in [1.807, 2.05) is 54.4 Å². The largest absolute Gasteiger partial charge is 0.763 e. The van der Waals surface area contributed by atoms with Crippen molar-refractivity contribution in [1.82, 2.24) is 0 Å². The van der Waals surface area contributed by atoms with Gasteiger partial charge in [0.1, 0.15) is 5.75 Å². The number of anilines is 2. The molecule has 1 aromatic heterocycles. The number of carbonyl (C=O) groups excluding carboxylic acids is 2. The van der Waals surface area contributed by atoms with Gasteiger partial charge in [0.25, 0.3) is 5.70 Å². The first-order valence-corrected chi connectivity index (χ1v) is 11.3. The molecule has 0 atom stereocenters. The fourth-order valence-electron chi connectivity index (χ4n) is 3.48. The molecule has 2 aromatic carbocycles. The van der Waals surface area contributed by atoms with Crippen LogP contribution in [0.3, 0.4) is 0 Å². The second-order valence-corrected chi connectivity index (χ2v) is 8.18. The van der Waals surface area contributed by atoms with Crippen molar-refractivity contribution in [3.63, 3.8) is 0 Å². The summed E-state index contributed by atoms with van der Waals surface area (Å²) in [5.74, 6) is 1.26. The Morgan fingerprint density at radius 3 is 2.15 bits per heavy atom. The molecule has 4 rings (SSSR count). The average molecular weight is 472 g/mol. The van der Waals surface area contributed by atoms with Gasteiger partial charge >= 0.3 is 11.9 Å². The van der Waals surface area contributed by atoms with Gasteiger partial charge < -0.3 is 14.9 Å². The Morgan fingerprint density at radius 2 is 1.62 bits per heavy atom. The molecular weight excluding hydrogens is 450 g/mol. The Labute approximate surface area is 201 Å². The van der Waals surface area contributed by atoms with E-state index in [1.54, 1.807) is 59.8 Å². The van der Waals surface area contributed by atoms with Crippen LogP contribution in [0, 0.1) is 0 Å². The normalized spacial score (nSPS) is 12.2. The summed E-state index contributed by atoms with van der Waals surface area (Å²) in [6.45, 7) is 1.76. The van der Waals surface area contributed by atoms with Gasteiger partial charge in [0.2, 0.25) is 0 Å². The number of ether oxygens (including phenoxy) is 2. The zero-order valence-corrected chi connectivity index (χ0v) is 19.4. The van der Waals surface area contributed by atoms with Gasteiger partial charge in [-0.05, 0) is 31.2 Å². The predicted molar refractivity (Wildman–Crippen MR) is 130 cm³/mol. The van der Waals surface area contributed by atoms with E-state index in [2.05, 4.69) is 0 Å². The van der Waals surface area contributed by atoms with E-state index in [4.69, 9.17) is 9.47 Å². The maximum Gasteiger partial charge on any atom is 0.344 e. The highest BCUT2D eigenvalue weighted by molar-refractivity contribution is 7.99. The van der Waals surface area contributed by atoms with Crippen LogP contribution in [0.1, 0.15) is 6.92 Å². The van der Waals surface area contributed by atoms with E-state index in [-0.39, 0.29) is 17.9 Å². The monoisotopic (exact) mass is 471 g/mol. The number of esters is 1. The molecule has 2 heterocycles. The summed E-state index contributed by atoms with van der Waals surface area (Å²) in [7, 11) is 1.54. The first-order chi connectivity index (χ1) is 16.6. The molecule has 0 bridgehead atoms. The van der Waals surface area contributed by atoms with Gasteiger partial charge in [0.05, 0.1) is 30.7 Å². The molecule has 3 aromatic rings. The van der Waals surface area contributed by atoms with Crippen LogP contribution in [0.4, 0.5) is 11.4 Å². The summed E-state index contributed by atoms with van der Waals surface area (Å²) in [5, 5.41) is 9.62. The lowest BCUT2D eigenvalue weighted by atomic mass is 10.1. The third-order valence-electron chi connectivity index (χ3n) is 5.06. The van der Waals surface area contributed by atoms with Gasteiger partial charge in [-0.2, -0.15) is 4.57 Å². The van der Waals surface area contributed by atoms with Crippen LogP contribution in [0.5, 0.6) is 5.75 Å². The van der Waals surface area contributed by atoms with Crippen molar-refractivity contribution in [3.05, 3.63) is 90.1 Å². The summed E-state index contributed by atoms with van der Waals surface area (Å²) in [6.07, 6.45) is 4.54. The standard InChI is InChI=1S/C26H21N3O4S/c1-3-33-26(31)18(17-27)16-22(28-14-12-19(32-2)13-15-28)25(30)29-20-8-4-6-10-23(20)34-24-11-7-5-9-21(24)29/h4-16H,3H2,1-2H3/b22-16-. The number of amides is 1. The third-order valence-corrected chi connectivity index (χ3v) is 6.19. The molecule has 34 heavy (non-hydrogen) atoms. The van der Waals surface area contributed by atoms with Crippen molar-refractivity contribution in [3.8, 4) is 5.75 Å². The number of para-hydroxylation sites is 2. The van der Waals surface area contributed by atoms with Crippen LogP contribution in [-0.2, 0) is 14.3 Å². The van der Waals surface area contributed by atoms with Crippen molar-refractivity contribution >= 4 is 46.6 Å². The Balaban J connectivity index is 1.89. The first-order valence-electron chi connectivity index (χ1n) is 10.5. The molecule has 1 aliphatic rings. The number of hydrogen-bond donors (Lipinski definition) is 0. The minimum Gasteiger partial charge on any atom is -0.763 e. The van der Waals surface area contributed by atoms with Crippen molar-refractivity contribution in [2.24, 2.45) is 0 Å². The molecule has 0 saturated carbocycles. The zero-order valence-electron chi connectivity index (χ0n) is 18.6. The minimum absolute atomic E-state index is 0.101. The van der Waals surface area contributed by atoms with Crippen LogP contribution in [0.15, 0.2) is 94.5 Å². The van der Waals surface area contributed by atoms with E-state index in [0.29, 0.717) is 17.1 Å². The van der Waals surface area contributed by atoms with Crippen molar-refractivity contribution < 1.29 is 23.6 Å². The number of rotatable bonds is 6. The van der Waals surface area contributed by atoms with Gasteiger partial charge in [0.15, 0.2) is 12.4 Å². The molecule has 0 radical (unpaired) electrons. The maximum absolute atomic E-state index is 14.1. The van der Waals surface area contributed by atoms with E-state index in [9.17, 15) is 15.0 Å². The molecular formula is C26H21N3O4S. The Kier molecular flexibility index (Phi) is 6.92. The van der Waals surface area contributed by atoms with Crippen molar-refractivity contribution in [1.29, 1.82) is 0 Å². The van der Waals surface area contributed by atoms with Crippen LogP contribution >= 0.6 is 11.8 Å². The zero-order chi connectivity index (χ0) is 24.1. The quantitative estimate of drug-likeness (QED) is 0.175. The van der Waals surface area contributed by atoms with Gasteiger partial charge in [-0.3, -0.25) is 15.6 Å². The molecule has 0 saturated heterocycles. The molecule has 1 amide bonds. The minimum atomic E-state index is -0.792. The second kappa shape index (κ2) is 10.2. The van der Waals surface area contributed by atoms with Gasteiger partial charge in [0, 0.05) is 28.0 Å². The Hall–Kier alpha value is -4.13. The highest BCUT2D eigenvalue weighted by Gasteiger charge is 2.34. The van der Waals surface area contributed by atoms with Crippen LogP contribution in [-0.4, -0.2) is 31.5 Å². The molecule has 0 unspecified atom stereocenters. The number of carbonyl (C=O) groups is 2. The van der Waals surface area contributed by atoms with Gasteiger partial charge in [-0.15, -0.1) is 0 Å². The number of pyridine rings is 1. The number of benzene rings is 2. The van der Waals surface area contributed by atoms with Crippen LogP contribution < -0.4 is 14.2 Å². The smallest absolute Gasteiger partial charge is 0.344 e. The van der Waals surface area contributed by atoms with Crippen molar-refractivity contribution in [2.45, 2.75) is 16.7 Å². The van der Waals surface area contributed by atoms with Gasteiger partial charge in [-0.25, -0.2) is 4.79 Å². The van der Waals surface area contributed by atoms with E-state index in [1.165, 1.54) is 6.08 Å². The van der Waals surface area contributed by atoms with Crippen molar-refractivity contribution in [2.75, 3.05) is 18.6 Å². The molecule has 7 nitrogen and oxygen atoms in total. The number of fused-ring (bicyclic) bond motifs is 2. The maximum atomic E-state index is 14.1.